The molecular weight excluding hydrogens is 697 g/mol. The standard InChI is InChI=1S/C37H55Cl2N5O5S/c1-4-5-6-7-8-9-10-11-12-13-14-15-16-17-18-19-20-31(47)49-37(26(2)3)40-36(48)32-33(50-24-23-30(45)46)35-42-41-34(44(35)43-32)27-21-22-28(38)29(39)25-27/h21-22,25-26,37,43H,4-20,23-24H2,1-3H3,(H,40,48)(H,45,46). The van der Waals surface area contributed by atoms with Crippen LogP contribution < -0.4 is 5.32 Å². The molecule has 0 fully saturated rings. The average molecular weight is 753 g/mol. The molecule has 0 saturated heterocycles. The van der Waals surface area contributed by atoms with Gasteiger partial charge in [0.1, 0.15) is 5.69 Å². The van der Waals surface area contributed by atoms with Crippen LogP contribution in [-0.4, -0.2) is 54.7 Å². The Labute approximate surface area is 311 Å². The lowest BCUT2D eigenvalue weighted by molar-refractivity contribution is -0.152. The number of thioether (sulfide) groups is 1. The summed E-state index contributed by atoms with van der Waals surface area (Å²) in [6, 6.07) is 5.02. The number of nitrogens with one attached hydrogen (secondary N) is 2. The highest BCUT2D eigenvalue weighted by atomic mass is 35.5. The third kappa shape index (κ3) is 14.1. The summed E-state index contributed by atoms with van der Waals surface area (Å²) in [5.41, 5.74) is 1.13. The number of carboxylic acid groups (broad SMARTS) is 1. The quantitative estimate of drug-likeness (QED) is 0.0319. The first-order valence-electron chi connectivity index (χ1n) is 18.4. The van der Waals surface area contributed by atoms with E-state index < -0.39 is 18.1 Å². The summed E-state index contributed by atoms with van der Waals surface area (Å²) in [5.74, 6) is -1.41. The fourth-order valence-corrected chi connectivity index (χ4v) is 7.04. The number of carbonyl (C=O) groups is 3. The summed E-state index contributed by atoms with van der Waals surface area (Å²) in [6.07, 6.45) is 19.5. The molecule has 1 unspecified atom stereocenters. The third-order valence-corrected chi connectivity index (χ3v) is 10.5. The molecule has 1 aromatic carbocycles. The lowest BCUT2D eigenvalue weighted by atomic mass is 10.0. The van der Waals surface area contributed by atoms with E-state index in [1.165, 1.54) is 95.2 Å². The normalized spacial score (nSPS) is 12.1. The highest BCUT2D eigenvalue weighted by Crippen LogP contribution is 2.32. The van der Waals surface area contributed by atoms with Crippen LogP contribution >= 0.6 is 35.0 Å². The molecule has 0 bridgehead atoms. The highest BCUT2D eigenvalue weighted by molar-refractivity contribution is 7.99. The Bertz CT molecular complexity index is 1490. The van der Waals surface area contributed by atoms with Gasteiger partial charge in [-0.3, -0.25) is 19.5 Å². The Hall–Kier alpha value is -2.76. The topological polar surface area (TPSA) is 139 Å². The van der Waals surface area contributed by atoms with Gasteiger partial charge in [0.15, 0.2) is 17.7 Å². The first-order valence-corrected chi connectivity index (χ1v) is 20.1. The Balaban J connectivity index is 1.46. The zero-order valence-electron chi connectivity index (χ0n) is 29.9. The first-order chi connectivity index (χ1) is 24.1. The number of unbranched alkanes of at least 4 members (excludes halogenated alkanes) is 15. The summed E-state index contributed by atoms with van der Waals surface area (Å²) in [7, 11) is 0. The molecule has 1 amide bonds. The van der Waals surface area contributed by atoms with Crippen LogP contribution in [0.5, 0.6) is 0 Å². The van der Waals surface area contributed by atoms with E-state index in [1.807, 2.05) is 13.8 Å². The van der Waals surface area contributed by atoms with Gasteiger partial charge in [-0.2, -0.15) is 0 Å². The smallest absolute Gasteiger partial charge is 0.307 e. The number of rotatable bonds is 26. The van der Waals surface area contributed by atoms with Crippen LogP contribution in [0.1, 0.15) is 147 Å². The molecule has 3 N–H and O–H groups in total. The molecule has 2 heterocycles. The molecule has 0 radical (unpaired) electrons. The highest BCUT2D eigenvalue weighted by Gasteiger charge is 2.27. The molecule has 1 atom stereocenters. The Morgan fingerprint density at radius 2 is 1.44 bits per heavy atom. The molecule has 3 aromatic rings. The number of ether oxygens (including phenoxy) is 1. The molecule has 3 rings (SSSR count). The number of hydrogen-bond acceptors (Lipinski definition) is 7. The van der Waals surface area contributed by atoms with E-state index in [0.29, 0.717) is 38.4 Å². The molecule has 278 valence electrons. The van der Waals surface area contributed by atoms with Crippen molar-refractivity contribution in [1.29, 1.82) is 0 Å². The number of benzene rings is 1. The summed E-state index contributed by atoms with van der Waals surface area (Å²) >= 11 is 13.5. The van der Waals surface area contributed by atoms with Crippen LogP contribution in [0.15, 0.2) is 23.1 Å². The predicted molar refractivity (Wildman–Crippen MR) is 202 cm³/mol. The maximum Gasteiger partial charge on any atom is 0.307 e. The van der Waals surface area contributed by atoms with Crippen molar-refractivity contribution in [2.75, 3.05) is 5.75 Å². The molecule has 0 aliphatic rings. The molecule has 0 aliphatic carbocycles. The van der Waals surface area contributed by atoms with Gasteiger partial charge in [0.2, 0.25) is 0 Å². The van der Waals surface area contributed by atoms with E-state index >= 15 is 0 Å². The van der Waals surface area contributed by atoms with Gasteiger partial charge >= 0.3 is 11.9 Å². The number of halogens is 2. The molecule has 10 nitrogen and oxygen atoms in total. The molecule has 50 heavy (non-hydrogen) atoms. The van der Waals surface area contributed by atoms with Gasteiger partial charge < -0.3 is 15.2 Å². The zero-order valence-corrected chi connectivity index (χ0v) is 32.2. The second kappa shape index (κ2) is 22.9. The molecule has 2 aromatic heterocycles. The summed E-state index contributed by atoms with van der Waals surface area (Å²) in [4.78, 5) is 38.0. The molecule has 0 spiro atoms. The number of carbonyl (C=O) groups excluding carboxylic acids is 2. The van der Waals surface area contributed by atoms with E-state index in [2.05, 4.69) is 27.5 Å². The lowest BCUT2D eigenvalue weighted by Crippen LogP contribution is -2.42. The van der Waals surface area contributed by atoms with Crippen LogP contribution in [-0.2, 0) is 14.3 Å². The minimum Gasteiger partial charge on any atom is -0.481 e. The number of nitrogens with zero attached hydrogens (tertiary/aromatic N) is 3. The maximum absolute atomic E-state index is 13.6. The minimum atomic E-state index is -0.954. The number of amides is 1. The fraction of sp³-hybridized carbons (Fsp3) is 0.649. The number of hydrogen-bond donors (Lipinski definition) is 3. The SMILES string of the molecule is CCCCCCCCCCCCCCCCCCC(=O)OC(NC(=O)c1[nH]n2c(-c3ccc(Cl)c(Cl)c3)nnc2c1SCCC(=O)O)C(C)C. The number of H-pyrrole nitrogens is 1. The number of aliphatic carboxylic acids is 1. The van der Waals surface area contributed by atoms with Gasteiger partial charge in [-0.1, -0.05) is 140 Å². The predicted octanol–water partition coefficient (Wildman–Crippen LogP) is 10.5. The second-order valence-electron chi connectivity index (χ2n) is 13.3. The molecule has 0 saturated carbocycles. The average Bonchev–Trinajstić information content (AvgIpc) is 3.65. The van der Waals surface area contributed by atoms with Crippen molar-refractivity contribution in [3.63, 3.8) is 0 Å². The van der Waals surface area contributed by atoms with Crippen LogP contribution in [0.3, 0.4) is 0 Å². The van der Waals surface area contributed by atoms with Crippen LogP contribution in [0, 0.1) is 5.92 Å². The number of carboxylic acids is 1. The monoisotopic (exact) mass is 751 g/mol. The van der Waals surface area contributed by atoms with Gasteiger partial charge in [0.25, 0.3) is 5.91 Å². The first kappa shape index (κ1) is 41.7. The maximum atomic E-state index is 13.6. The fourth-order valence-electron chi connectivity index (χ4n) is 5.72. The van der Waals surface area contributed by atoms with E-state index in [-0.39, 0.29) is 29.8 Å². The van der Waals surface area contributed by atoms with E-state index in [0.717, 1.165) is 19.3 Å². The van der Waals surface area contributed by atoms with Gasteiger partial charge in [-0.05, 0) is 24.6 Å². The Morgan fingerprint density at radius 3 is 1.98 bits per heavy atom. The van der Waals surface area contributed by atoms with Gasteiger partial charge in [-0.25, -0.2) is 4.52 Å². The Morgan fingerprint density at radius 1 is 0.860 bits per heavy atom. The van der Waals surface area contributed by atoms with Crippen molar-refractivity contribution in [3.05, 3.63) is 33.9 Å². The Kier molecular flexibility index (Phi) is 19.1. The molecule has 0 aliphatic heterocycles. The minimum absolute atomic E-state index is 0.109. The van der Waals surface area contributed by atoms with E-state index in [9.17, 15) is 19.5 Å². The summed E-state index contributed by atoms with van der Waals surface area (Å²) in [5, 5.41) is 24.3. The van der Waals surface area contributed by atoms with Crippen molar-refractivity contribution >= 4 is 58.5 Å². The molecule has 13 heteroatoms. The number of esters is 1. The van der Waals surface area contributed by atoms with Crippen LogP contribution in [0.4, 0.5) is 0 Å². The summed E-state index contributed by atoms with van der Waals surface area (Å²) < 4.78 is 7.27. The number of aromatic nitrogens is 4. The van der Waals surface area contributed by atoms with Gasteiger partial charge in [-0.15, -0.1) is 22.0 Å². The van der Waals surface area contributed by atoms with Crippen LogP contribution in [0.2, 0.25) is 10.0 Å². The number of aromatic amines is 1. The van der Waals surface area contributed by atoms with Crippen molar-refractivity contribution in [1.82, 2.24) is 25.1 Å². The number of fused-ring (bicyclic) bond motifs is 1. The third-order valence-electron chi connectivity index (χ3n) is 8.66. The van der Waals surface area contributed by atoms with E-state index in [4.69, 9.17) is 27.9 Å². The zero-order chi connectivity index (χ0) is 36.3. The lowest BCUT2D eigenvalue weighted by Gasteiger charge is -2.22. The second-order valence-corrected chi connectivity index (χ2v) is 15.2. The van der Waals surface area contributed by atoms with Crippen molar-refractivity contribution in [3.8, 4) is 11.4 Å². The summed E-state index contributed by atoms with van der Waals surface area (Å²) in [6.45, 7) is 5.99. The largest absolute Gasteiger partial charge is 0.481 e. The molecular formula is C37H55Cl2N5O5S. The van der Waals surface area contributed by atoms with Crippen molar-refractivity contribution in [2.24, 2.45) is 5.92 Å². The van der Waals surface area contributed by atoms with Gasteiger partial charge in [0.05, 0.1) is 21.4 Å². The van der Waals surface area contributed by atoms with Crippen molar-refractivity contribution in [2.45, 2.75) is 147 Å². The van der Waals surface area contributed by atoms with Gasteiger partial charge in [0, 0.05) is 23.7 Å². The van der Waals surface area contributed by atoms with E-state index in [1.54, 1.807) is 22.7 Å². The van der Waals surface area contributed by atoms with Crippen molar-refractivity contribution < 1.29 is 24.2 Å². The van der Waals surface area contributed by atoms with Crippen LogP contribution in [0.25, 0.3) is 17.0 Å².